The molecule has 3 amide bonds. The van der Waals surface area contributed by atoms with Gasteiger partial charge in [-0.3, -0.25) is 24.1 Å². The summed E-state index contributed by atoms with van der Waals surface area (Å²) in [6.45, 7) is 2.02. The Morgan fingerprint density at radius 1 is 0.882 bits per heavy atom. The van der Waals surface area contributed by atoms with Crippen molar-refractivity contribution in [2.45, 2.75) is 32.6 Å². The third kappa shape index (κ3) is 3.94. The molecule has 3 aromatic rings. The van der Waals surface area contributed by atoms with E-state index in [0.29, 0.717) is 36.3 Å². The summed E-state index contributed by atoms with van der Waals surface area (Å²) in [5.41, 5.74) is 1.95. The quantitative estimate of drug-likeness (QED) is 0.335. The number of esters is 1. The minimum atomic E-state index is -0.586. The summed E-state index contributed by atoms with van der Waals surface area (Å²) in [4.78, 5) is 53.0. The molecule has 1 atom stereocenters. The van der Waals surface area contributed by atoms with Gasteiger partial charge in [0, 0.05) is 31.2 Å². The van der Waals surface area contributed by atoms with Gasteiger partial charge in [0.15, 0.2) is 0 Å². The van der Waals surface area contributed by atoms with Crippen LogP contribution in [0.3, 0.4) is 0 Å². The predicted octanol–water partition coefficient (Wildman–Crippen LogP) is 4.15. The minimum absolute atomic E-state index is 0.0793. The van der Waals surface area contributed by atoms with E-state index in [0.717, 1.165) is 16.5 Å². The third-order valence-electron chi connectivity index (χ3n) is 6.42. The van der Waals surface area contributed by atoms with Crippen molar-refractivity contribution in [2.24, 2.45) is 5.92 Å². The topological polar surface area (TPSA) is 84.0 Å². The zero-order valence-corrected chi connectivity index (χ0v) is 18.8. The van der Waals surface area contributed by atoms with Gasteiger partial charge < -0.3 is 9.64 Å². The second-order valence-corrected chi connectivity index (χ2v) is 8.75. The molecule has 7 nitrogen and oxygen atoms in total. The van der Waals surface area contributed by atoms with Gasteiger partial charge in [0.25, 0.3) is 0 Å². The monoisotopic (exact) mass is 456 g/mol. The lowest BCUT2D eigenvalue weighted by atomic mass is 10.1. The van der Waals surface area contributed by atoms with E-state index in [2.05, 4.69) is 0 Å². The van der Waals surface area contributed by atoms with Crippen molar-refractivity contribution in [3.8, 4) is 5.75 Å². The summed E-state index contributed by atoms with van der Waals surface area (Å²) in [6, 6.07) is 18.4. The highest BCUT2D eigenvalue weighted by Crippen LogP contribution is 2.33. The summed E-state index contributed by atoms with van der Waals surface area (Å²) in [5, 5.41) is 1.99. The fraction of sp³-hybridized carbons (Fsp3) is 0.259. The van der Waals surface area contributed by atoms with Crippen LogP contribution in [0.2, 0.25) is 0 Å². The number of carbonyl (C=O) groups is 4. The van der Waals surface area contributed by atoms with Crippen molar-refractivity contribution in [3.63, 3.8) is 0 Å². The average molecular weight is 456 g/mol. The van der Waals surface area contributed by atoms with Gasteiger partial charge >= 0.3 is 5.97 Å². The Morgan fingerprint density at radius 2 is 1.62 bits per heavy atom. The van der Waals surface area contributed by atoms with Crippen molar-refractivity contribution in [3.05, 3.63) is 66.2 Å². The zero-order valence-electron chi connectivity index (χ0n) is 18.8. The lowest BCUT2D eigenvalue weighted by Crippen LogP contribution is -2.40. The van der Waals surface area contributed by atoms with Gasteiger partial charge in [0.1, 0.15) is 5.75 Å². The van der Waals surface area contributed by atoms with E-state index in [4.69, 9.17) is 4.74 Å². The number of amides is 3. The van der Waals surface area contributed by atoms with E-state index in [9.17, 15) is 19.2 Å². The SMILES string of the molecule is Cc1cc(OC(=O)[C@H]2CC(=O)N(c3cccc4ccccc34)C2)ccc1N1C(=O)CCCC1=O. The molecule has 0 saturated carbocycles. The molecular weight excluding hydrogens is 432 g/mol. The first-order valence-electron chi connectivity index (χ1n) is 11.4. The van der Waals surface area contributed by atoms with Crippen LogP contribution in [-0.2, 0) is 19.2 Å². The van der Waals surface area contributed by atoms with Crippen LogP contribution in [0, 0.1) is 12.8 Å². The first-order chi connectivity index (χ1) is 16.4. The number of rotatable bonds is 4. The molecule has 172 valence electrons. The molecule has 2 heterocycles. The van der Waals surface area contributed by atoms with Gasteiger partial charge in [0.2, 0.25) is 17.7 Å². The number of hydrogen-bond acceptors (Lipinski definition) is 5. The standard InChI is InChI=1S/C27H24N2O5/c1-17-14-20(12-13-22(17)29-24(30)10-5-11-25(29)31)34-27(33)19-15-26(32)28(16-19)23-9-4-7-18-6-2-3-8-21(18)23/h2-4,6-9,12-14,19H,5,10-11,15-16H2,1H3/t19-/m0/s1. The Labute approximate surface area is 196 Å². The normalized spacial score (nSPS) is 18.6. The Kier molecular flexibility index (Phi) is 5.61. The van der Waals surface area contributed by atoms with Crippen LogP contribution in [-0.4, -0.2) is 30.2 Å². The molecule has 2 saturated heterocycles. The molecule has 0 spiro atoms. The van der Waals surface area contributed by atoms with Crippen molar-refractivity contribution < 1.29 is 23.9 Å². The lowest BCUT2D eigenvalue weighted by molar-refractivity contribution is -0.139. The molecule has 2 aliphatic heterocycles. The Morgan fingerprint density at radius 3 is 2.38 bits per heavy atom. The lowest BCUT2D eigenvalue weighted by Gasteiger charge is -2.26. The first kappa shape index (κ1) is 21.8. The number of hydrogen-bond donors (Lipinski definition) is 0. The van der Waals surface area contributed by atoms with Crippen LogP contribution in [0.25, 0.3) is 10.8 Å². The fourth-order valence-electron chi connectivity index (χ4n) is 4.71. The Bertz CT molecular complexity index is 1310. The van der Waals surface area contributed by atoms with Crippen LogP contribution in [0.4, 0.5) is 11.4 Å². The summed E-state index contributed by atoms with van der Waals surface area (Å²) >= 11 is 0. The number of imide groups is 1. The number of ether oxygens (including phenoxy) is 1. The molecule has 0 aromatic heterocycles. The highest BCUT2D eigenvalue weighted by molar-refractivity contribution is 6.16. The van der Waals surface area contributed by atoms with Gasteiger partial charge in [0.05, 0.1) is 17.3 Å². The minimum Gasteiger partial charge on any atom is -0.426 e. The molecule has 0 aliphatic carbocycles. The molecule has 0 N–H and O–H groups in total. The van der Waals surface area contributed by atoms with E-state index >= 15 is 0 Å². The largest absolute Gasteiger partial charge is 0.426 e. The second kappa shape index (κ2) is 8.74. The summed E-state index contributed by atoms with van der Waals surface area (Å²) in [5.74, 6) is -1.31. The second-order valence-electron chi connectivity index (χ2n) is 8.75. The van der Waals surface area contributed by atoms with Crippen LogP contribution in [0.1, 0.15) is 31.2 Å². The van der Waals surface area contributed by atoms with Crippen LogP contribution in [0.5, 0.6) is 5.75 Å². The van der Waals surface area contributed by atoms with Crippen LogP contribution >= 0.6 is 0 Å². The van der Waals surface area contributed by atoms with Gasteiger partial charge in [-0.1, -0.05) is 36.4 Å². The van der Waals surface area contributed by atoms with Crippen molar-refractivity contribution in [2.75, 3.05) is 16.3 Å². The van der Waals surface area contributed by atoms with E-state index < -0.39 is 11.9 Å². The van der Waals surface area contributed by atoms with Crippen molar-refractivity contribution >= 4 is 45.8 Å². The molecule has 0 radical (unpaired) electrons. The number of piperidine rings is 1. The van der Waals surface area contributed by atoms with Gasteiger partial charge in [-0.2, -0.15) is 0 Å². The first-order valence-corrected chi connectivity index (χ1v) is 11.4. The number of aryl methyl sites for hydroxylation is 1. The maximum atomic E-state index is 12.9. The molecular formula is C27H24N2O5. The van der Waals surface area contributed by atoms with Crippen LogP contribution in [0.15, 0.2) is 60.7 Å². The average Bonchev–Trinajstić information content (AvgIpc) is 3.21. The smallest absolute Gasteiger partial charge is 0.316 e. The highest BCUT2D eigenvalue weighted by Gasteiger charge is 2.37. The zero-order chi connectivity index (χ0) is 23.8. The summed E-state index contributed by atoms with van der Waals surface area (Å²) in [7, 11) is 0. The molecule has 0 bridgehead atoms. The number of nitrogens with zero attached hydrogens (tertiary/aromatic N) is 2. The van der Waals surface area contributed by atoms with E-state index in [1.165, 1.54) is 4.90 Å². The molecule has 0 unspecified atom stereocenters. The summed E-state index contributed by atoms with van der Waals surface area (Å²) < 4.78 is 5.59. The number of carbonyl (C=O) groups excluding carboxylic acids is 4. The molecule has 2 aliphatic rings. The maximum Gasteiger partial charge on any atom is 0.316 e. The fourth-order valence-corrected chi connectivity index (χ4v) is 4.71. The molecule has 34 heavy (non-hydrogen) atoms. The third-order valence-corrected chi connectivity index (χ3v) is 6.42. The Hall–Kier alpha value is -4.00. The van der Waals surface area contributed by atoms with Gasteiger partial charge in [-0.25, -0.2) is 0 Å². The van der Waals surface area contributed by atoms with Gasteiger partial charge in [-0.05, 0) is 48.6 Å². The number of benzene rings is 3. The van der Waals surface area contributed by atoms with Gasteiger partial charge in [-0.15, -0.1) is 0 Å². The van der Waals surface area contributed by atoms with E-state index in [-0.39, 0.29) is 30.7 Å². The predicted molar refractivity (Wildman–Crippen MR) is 128 cm³/mol. The van der Waals surface area contributed by atoms with E-state index in [1.54, 1.807) is 30.0 Å². The molecule has 3 aromatic carbocycles. The number of anilines is 2. The van der Waals surface area contributed by atoms with Crippen molar-refractivity contribution in [1.29, 1.82) is 0 Å². The van der Waals surface area contributed by atoms with Crippen molar-refractivity contribution in [1.82, 2.24) is 0 Å². The maximum absolute atomic E-state index is 12.9. The van der Waals surface area contributed by atoms with Crippen LogP contribution < -0.4 is 14.5 Å². The molecule has 5 rings (SSSR count). The number of fused-ring (bicyclic) bond motifs is 1. The molecule has 2 fully saturated rings. The Balaban J connectivity index is 1.31. The molecule has 7 heteroatoms. The highest BCUT2D eigenvalue weighted by atomic mass is 16.5. The summed E-state index contributed by atoms with van der Waals surface area (Å²) in [6.07, 6.45) is 1.32. The van der Waals surface area contributed by atoms with E-state index in [1.807, 2.05) is 42.5 Å².